The first-order valence-corrected chi connectivity index (χ1v) is 8.08. The fourth-order valence-corrected chi connectivity index (χ4v) is 2.75. The zero-order chi connectivity index (χ0) is 18.4. The lowest BCUT2D eigenvalue weighted by molar-refractivity contribution is -0.147. The minimum absolute atomic E-state index is 0.0390. The zero-order valence-corrected chi connectivity index (χ0v) is 14.3. The molecule has 25 heavy (non-hydrogen) atoms. The maximum Gasteiger partial charge on any atom is 0.244 e. The highest BCUT2D eigenvalue weighted by Crippen LogP contribution is 2.16. The van der Waals surface area contributed by atoms with E-state index in [0.29, 0.717) is 13.1 Å². The SMILES string of the molecule is CNC(=O)C1CN(C(=O)CCOc2ccccc2F)CCN1C(C)=O. The van der Waals surface area contributed by atoms with Crippen molar-refractivity contribution >= 4 is 17.7 Å². The summed E-state index contributed by atoms with van der Waals surface area (Å²) in [5.41, 5.74) is 0. The van der Waals surface area contributed by atoms with Crippen molar-refractivity contribution < 1.29 is 23.5 Å². The first-order chi connectivity index (χ1) is 11.9. The van der Waals surface area contributed by atoms with Crippen LogP contribution in [0.15, 0.2) is 24.3 Å². The van der Waals surface area contributed by atoms with Gasteiger partial charge in [-0.3, -0.25) is 14.4 Å². The third-order valence-corrected chi connectivity index (χ3v) is 4.10. The number of likely N-dealkylation sites (N-methyl/N-ethyl adjacent to an activating group) is 1. The van der Waals surface area contributed by atoms with E-state index in [1.54, 1.807) is 12.1 Å². The van der Waals surface area contributed by atoms with E-state index in [0.717, 1.165) is 0 Å². The number of benzene rings is 1. The van der Waals surface area contributed by atoms with Gasteiger partial charge in [-0.1, -0.05) is 12.1 Å². The number of piperazine rings is 1. The molecule has 1 saturated heterocycles. The Bertz CT molecular complexity index is 653. The molecule has 1 aliphatic heterocycles. The first kappa shape index (κ1) is 18.7. The Morgan fingerprint density at radius 2 is 2.00 bits per heavy atom. The molecule has 7 nitrogen and oxygen atoms in total. The van der Waals surface area contributed by atoms with E-state index in [1.165, 1.54) is 35.9 Å². The Morgan fingerprint density at radius 1 is 1.28 bits per heavy atom. The smallest absolute Gasteiger partial charge is 0.244 e. The van der Waals surface area contributed by atoms with Crippen molar-refractivity contribution in [3.8, 4) is 5.75 Å². The van der Waals surface area contributed by atoms with Crippen LogP contribution in [0.4, 0.5) is 4.39 Å². The number of halogens is 1. The molecule has 1 heterocycles. The zero-order valence-electron chi connectivity index (χ0n) is 14.3. The lowest BCUT2D eigenvalue weighted by atomic mass is 10.1. The van der Waals surface area contributed by atoms with Gasteiger partial charge in [0.2, 0.25) is 17.7 Å². The van der Waals surface area contributed by atoms with E-state index in [9.17, 15) is 18.8 Å². The second-order valence-corrected chi connectivity index (χ2v) is 5.71. The molecule has 1 aromatic carbocycles. The van der Waals surface area contributed by atoms with Crippen molar-refractivity contribution in [1.82, 2.24) is 15.1 Å². The van der Waals surface area contributed by atoms with Gasteiger partial charge in [0.25, 0.3) is 0 Å². The number of hydrogen-bond acceptors (Lipinski definition) is 4. The Balaban J connectivity index is 1.90. The summed E-state index contributed by atoms with van der Waals surface area (Å²) in [5.74, 6) is -1.10. The summed E-state index contributed by atoms with van der Waals surface area (Å²) in [6.07, 6.45) is 0.0644. The molecule has 3 amide bonds. The topological polar surface area (TPSA) is 79.0 Å². The lowest BCUT2D eigenvalue weighted by Crippen LogP contribution is -2.60. The normalized spacial score (nSPS) is 17.2. The quantitative estimate of drug-likeness (QED) is 0.833. The van der Waals surface area contributed by atoms with Gasteiger partial charge in [-0.25, -0.2) is 4.39 Å². The number of nitrogens with one attached hydrogen (secondary N) is 1. The minimum Gasteiger partial charge on any atom is -0.490 e. The van der Waals surface area contributed by atoms with Gasteiger partial charge in [0.05, 0.1) is 19.6 Å². The number of amides is 3. The average molecular weight is 351 g/mol. The van der Waals surface area contributed by atoms with E-state index >= 15 is 0 Å². The van der Waals surface area contributed by atoms with Gasteiger partial charge in [-0.05, 0) is 12.1 Å². The van der Waals surface area contributed by atoms with Crippen molar-refractivity contribution in [1.29, 1.82) is 0 Å². The number of rotatable bonds is 5. The van der Waals surface area contributed by atoms with Gasteiger partial charge in [-0.2, -0.15) is 0 Å². The van der Waals surface area contributed by atoms with Crippen LogP contribution in [0.3, 0.4) is 0 Å². The van der Waals surface area contributed by atoms with Crippen LogP contribution in [-0.2, 0) is 14.4 Å². The van der Waals surface area contributed by atoms with E-state index in [2.05, 4.69) is 5.32 Å². The molecule has 0 spiro atoms. The molecular formula is C17H22FN3O4. The number of carbonyl (C=O) groups excluding carboxylic acids is 3. The molecule has 1 N–H and O–H groups in total. The second kappa shape index (κ2) is 8.46. The summed E-state index contributed by atoms with van der Waals surface area (Å²) in [4.78, 5) is 38.9. The molecule has 2 rings (SSSR count). The fraction of sp³-hybridized carbons (Fsp3) is 0.471. The summed E-state index contributed by atoms with van der Waals surface area (Å²) >= 11 is 0. The average Bonchev–Trinajstić information content (AvgIpc) is 2.61. The molecule has 1 aliphatic rings. The van der Waals surface area contributed by atoms with Crippen LogP contribution in [0, 0.1) is 5.82 Å². The summed E-state index contributed by atoms with van der Waals surface area (Å²) in [6.45, 7) is 2.23. The number of hydrogen-bond donors (Lipinski definition) is 1. The van der Waals surface area contributed by atoms with Crippen molar-refractivity contribution in [2.45, 2.75) is 19.4 Å². The standard InChI is InChI=1S/C17H22FN3O4/c1-12(22)21-9-8-20(11-14(21)17(24)19-2)16(23)7-10-25-15-6-4-3-5-13(15)18/h3-6,14H,7-11H2,1-2H3,(H,19,24). The monoisotopic (exact) mass is 351 g/mol. The Kier molecular flexibility index (Phi) is 6.32. The predicted molar refractivity (Wildman–Crippen MR) is 88.3 cm³/mol. The molecule has 1 aromatic rings. The summed E-state index contributed by atoms with van der Waals surface area (Å²) in [7, 11) is 1.49. The Morgan fingerprint density at radius 3 is 2.64 bits per heavy atom. The van der Waals surface area contributed by atoms with Crippen molar-refractivity contribution in [2.75, 3.05) is 33.3 Å². The summed E-state index contributed by atoms with van der Waals surface area (Å²) < 4.78 is 18.8. The van der Waals surface area contributed by atoms with Crippen LogP contribution in [0.5, 0.6) is 5.75 Å². The highest BCUT2D eigenvalue weighted by molar-refractivity contribution is 5.88. The highest BCUT2D eigenvalue weighted by Gasteiger charge is 2.34. The van der Waals surface area contributed by atoms with Crippen LogP contribution in [0.25, 0.3) is 0 Å². The van der Waals surface area contributed by atoms with E-state index < -0.39 is 11.9 Å². The molecule has 0 aliphatic carbocycles. The Hall–Kier alpha value is -2.64. The highest BCUT2D eigenvalue weighted by atomic mass is 19.1. The number of para-hydroxylation sites is 1. The molecule has 0 saturated carbocycles. The molecule has 1 atom stereocenters. The predicted octanol–water partition coefficient (Wildman–Crippen LogP) is 0.400. The van der Waals surface area contributed by atoms with Gasteiger partial charge >= 0.3 is 0 Å². The molecule has 0 bridgehead atoms. The van der Waals surface area contributed by atoms with Gasteiger partial charge in [0.1, 0.15) is 6.04 Å². The number of nitrogens with zero attached hydrogens (tertiary/aromatic N) is 2. The third kappa shape index (κ3) is 4.68. The molecule has 8 heteroatoms. The molecule has 0 radical (unpaired) electrons. The van der Waals surface area contributed by atoms with Gasteiger partial charge in [-0.15, -0.1) is 0 Å². The molecular weight excluding hydrogens is 329 g/mol. The van der Waals surface area contributed by atoms with Crippen LogP contribution in [-0.4, -0.2) is 66.9 Å². The second-order valence-electron chi connectivity index (χ2n) is 5.71. The van der Waals surface area contributed by atoms with E-state index in [-0.39, 0.29) is 43.0 Å². The van der Waals surface area contributed by atoms with Crippen LogP contribution >= 0.6 is 0 Å². The van der Waals surface area contributed by atoms with Crippen LogP contribution < -0.4 is 10.1 Å². The first-order valence-electron chi connectivity index (χ1n) is 8.08. The number of carbonyl (C=O) groups is 3. The van der Waals surface area contributed by atoms with Crippen molar-refractivity contribution in [2.24, 2.45) is 0 Å². The fourth-order valence-electron chi connectivity index (χ4n) is 2.75. The van der Waals surface area contributed by atoms with Gasteiger partial charge in [0, 0.05) is 27.1 Å². The van der Waals surface area contributed by atoms with E-state index in [4.69, 9.17) is 4.74 Å². The summed E-state index contributed by atoms with van der Waals surface area (Å²) in [5, 5.41) is 2.51. The van der Waals surface area contributed by atoms with Gasteiger partial charge < -0.3 is 19.9 Å². The van der Waals surface area contributed by atoms with Crippen LogP contribution in [0.2, 0.25) is 0 Å². The maximum atomic E-state index is 13.5. The Labute approximate surface area is 145 Å². The van der Waals surface area contributed by atoms with Crippen molar-refractivity contribution in [3.05, 3.63) is 30.1 Å². The lowest BCUT2D eigenvalue weighted by Gasteiger charge is -2.40. The molecule has 136 valence electrons. The molecule has 0 aromatic heterocycles. The molecule has 1 unspecified atom stereocenters. The summed E-state index contributed by atoms with van der Waals surface area (Å²) in [6, 6.07) is 5.28. The largest absolute Gasteiger partial charge is 0.490 e. The van der Waals surface area contributed by atoms with E-state index in [1.807, 2.05) is 0 Å². The maximum absolute atomic E-state index is 13.5. The third-order valence-electron chi connectivity index (χ3n) is 4.10. The molecule has 1 fully saturated rings. The van der Waals surface area contributed by atoms with Crippen molar-refractivity contribution in [3.63, 3.8) is 0 Å². The minimum atomic E-state index is -0.701. The number of ether oxygens (including phenoxy) is 1. The van der Waals surface area contributed by atoms with Crippen LogP contribution in [0.1, 0.15) is 13.3 Å². The van der Waals surface area contributed by atoms with Gasteiger partial charge in [0.15, 0.2) is 11.6 Å².